The van der Waals surface area contributed by atoms with E-state index in [4.69, 9.17) is 0 Å². The van der Waals surface area contributed by atoms with E-state index >= 15 is 0 Å². The maximum atomic E-state index is 13.1. The molecule has 1 unspecified atom stereocenters. The second kappa shape index (κ2) is 7.19. The van der Waals surface area contributed by atoms with Crippen molar-refractivity contribution >= 4 is 0 Å². The molecule has 0 nitrogen and oxygen atoms in total. The standard InChI is InChI=1S/C12H24F2/c1-4-7-11(3)8-6-10-12(13,14)9-5-2/h11H,4-10H2,1-3H3. The van der Waals surface area contributed by atoms with Gasteiger partial charge in [-0.2, -0.15) is 0 Å². The van der Waals surface area contributed by atoms with Gasteiger partial charge in [-0.1, -0.05) is 46.5 Å². The smallest absolute Gasteiger partial charge is 0.207 e. The van der Waals surface area contributed by atoms with Crippen LogP contribution in [0.4, 0.5) is 8.78 Å². The van der Waals surface area contributed by atoms with E-state index in [0.29, 0.717) is 18.8 Å². The molecule has 0 N–H and O–H groups in total. The lowest BCUT2D eigenvalue weighted by Crippen LogP contribution is -2.15. The Morgan fingerprint density at radius 3 is 2.14 bits per heavy atom. The molecule has 0 heterocycles. The number of alkyl halides is 2. The zero-order chi connectivity index (χ0) is 11.0. The lowest BCUT2D eigenvalue weighted by molar-refractivity contribution is -0.0196. The molecule has 0 fully saturated rings. The van der Waals surface area contributed by atoms with Crippen LogP contribution in [-0.4, -0.2) is 5.92 Å². The van der Waals surface area contributed by atoms with Crippen LogP contribution in [0.1, 0.15) is 65.7 Å². The van der Waals surface area contributed by atoms with Crippen LogP contribution in [0.25, 0.3) is 0 Å². The molecule has 0 saturated heterocycles. The van der Waals surface area contributed by atoms with Crippen molar-refractivity contribution in [3.63, 3.8) is 0 Å². The van der Waals surface area contributed by atoms with Crippen LogP contribution in [0.2, 0.25) is 0 Å². The van der Waals surface area contributed by atoms with Gasteiger partial charge in [0.15, 0.2) is 0 Å². The number of halogens is 2. The summed E-state index contributed by atoms with van der Waals surface area (Å²) in [4.78, 5) is 0. The van der Waals surface area contributed by atoms with Crippen molar-refractivity contribution in [2.24, 2.45) is 5.92 Å². The van der Waals surface area contributed by atoms with E-state index in [-0.39, 0.29) is 12.8 Å². The minimum absolute atomic E-state index is 0.0508. The summed E-state index contributed by atoms with van der Waals surface area (Å²) in [7, 11) is 0. The van der Waals surface area contributed by atoms with E-state index in [0.717, 1.165) is 12.8 Å². The quantitative estimate of drug-likeness (QED) is 0.522. The van der Waals surface area contributed by atoms with Crippen LogP contribution in [0, 0.1) is 5.92 Å². The van der Waals surface area contributed by atoms with E-state index in [1.807, 2.05) is 6.92 Å². The first-order chi connectivity index (χ1) is 6.52. The third-order valence-corrected chi connectivity index (χ3v) is 2.64. The average Bonchev–Trinajstić information content (AvgIpc) is 2.03. The summed E-state index contributed by atoms with van der Waals surface area (Å²) >= 11 is 0. The molecule has 0 amide bonds. The largest absolute Gasteiger partial charge is 0.248 e. The third kappa shape index (κ3) is 7.28. The molecule has 0 rings (SSSR count). The van der Waals surface area contributed by atoms with Crippen LogP contribution < -0.4 is 0 Å². The maximum Gasteiger partial charge on any atom is 0.248 e. The predicted molar refractivity (Wildman–Crippen MR) is 57.8 cm³/mol. The fourth-order valence-corrected chi connectivity index (χ4v) is 1.84. The van der Waals surface area contributed by atoms with Crippen molar-refractivity contribution < 1.29 is 8.78 Å². The molecule has 0 aliphatic carbocycles. The van der Waals surface area contributed by atoms with Crippen LogP contribution >= 0.6 is 0 Å². The van der Waals surface area contributed by atoms with Gasteiger partial charge in [-0.05, 0) is 12.3 Å². The highest BCUT2D eigenvalue weighted by Gasteiger charge is 2.26. The van der Waals surface area contributed by atoms with Gasteiger partial charge in [-0.3, -0.25) is 0 Å². The lowest BCUT2D eigenvalue weighted by Gasteiger charge is -2.16. The molecule has 0 aliphatic heterocycles. The monoisotopic (exact) mass is 206 g/mol. The Kier molecular flexibility index (Phi) is 7.12. The Hall–Kier alpha value is -0.140. The topological polar surface area (TPSA) is 0 Å². The molecule has 0 aromatic rings. The first kappa shape index (κ1) is 13.9. The fourth-order valence-electron chi connectivity index (χ4n) is 1.84. The highest BCUT2D eigenvalue weighted by molar-refractivity contribution is 4.66. The summed E-state index contributed by atoms with van der Waals surface area (Å²) in [6.07, 6.45) is 4.66. The summed E-state index contributed by atoms with van der Waals surface area (Å²) in [6.45, 7) is 6.11. The SMILES string of the molecule is CCCC(C)CCCC(F)(F)CCC. The molecule has 0 aliphatic rings. The van der Waals surface area contributed by atoms with E-state index in [1.54, 1.807) is 0 Å². The molecule has 1 atom stereocenters. The first-order valence-corrected chi connectivity index (χ1v) is 5.89. The number of rotatable bonds is 8. The van der Waals surface area contributed by atoms with Crippen molar-refractivity contribution in [2.45, 2.75) is 71.6 Å². The predicted octanol–water partition coefficient (Wildman–Crippen LogP) is 5.03. The van der Waals surface area contributed by atoms with Gasteiger partial charge in [0.2, 0.25) is 5.92 Å². The summed E-state index contributed by atoms with van der Waals surface area (Å²) in [5.74, 6) is -1.81. The fraction of sp³-hybridized carbons (Fsp3) is 1.00. The Morgan fingerprint density at radius 2 is 1.64 bits per heavy atom. The average molecular weight is 206 g/mol. The molecule has 2 heteroatoms. The van der Waals surface area contributed by atoms with E-state index in [2.05, 4.69) is 13.8 Å². The Morgan fingerprint density at radius 1 is 1.00 bits per heavy atom. The van der Waals surface area contributed by atoms with Crippen molar-refractivity contribution in [2.75, 3.05) is 0 Å². The van der Waals surface area contributed by atoms with E-state index < -0.39 is 5.92 Å². The zero-order valence-corrected chi connectivity index (χ0v) is 9.78. The van der Waals surface area contributed by atoms with Gasteiger partial charge >= 0.3 is 0 Å². The van der Waals surface area contributed by atoms with Gasteiger partial charge in [0.05, 0.1) is 0 Å². The van der Waals surface area contributed by atoms with E-state index in [9.17, 15) is 8.78 Å². The minimum atomic E-state index is -2.42. The van der Waals surface area contributed by atoms with Gasteiger partial charge in [-0.25, -0.2) is 8.78 Å². The second-order valence-electron chi connectivity index (χ2n) is 4.39. The van der Waals surface area contributed by atoms with Gasteiger partial charge < -0.3 is 0 Å². The van der Waals surface area contributed by atoms with Crippen LogP contribution in [0.15, 0.2) is 0 Å². The van der Waals surface area contributed by atoms with Crippen molar-refractivity contribution in [1.29, 1.82) is 0 Å². The Balaban J connectivity index is 3.51. The van der Waals surface area contributed by atoms with Crippen molar-refractivity contribution in [3.05, 3.63) is 0 Å². The van der Waals surface area contributed by atoms with E-state index in [1.165, 1.54) is 6.42 Å². The third-order valence-electron chi connectivity index (χ3n) is 2.64. The summed E-state index contributed by atoms with van der Waals surface area (Å²) in [6, 6.07) is 0. The Labute approximate surface area is 87.1 Å². The first-order valence-electron chi connectivity index (χ1n) is 5.89. The molecule has 0 bridgehead atoms. The number of hydrogen-bond donors (Lipinski definition) is 0. The highest BCUT2D eigenvalue weighted by Crippen LogP contribution is 2.28. The normalized spacial score (nSPS) is 14.4. The zero-order valence-electron chi connectivity index (χ0n) is 9.78. The maximum absolute atomic E-state index is 13.1. The van der Waals surface area contributed by atoms with Crippen molar-refractivity contribution in [1.82, 2.24) is 0 Å². The lowest BCUT2D eigenvalue weighted by atomic mass is 9.97. The molecule has 0 aromatic heterocycles. The van der Waals surface area contributed by atoms with Crippen LogP contribution in [-0.2, 0) is 0 Å². The van der Waals surface area contributed by atoms with Gasteiger partial charge in [0.1, 0.15) is 0 Å². The highest BCUT2D eigenvalue weighted by atomic mass is 19.3. The molecule has 0 spiro atoms. The summed E-state index contributed by atoms with van der Waals surface area (Å²) in [5.41, 5.74) is 0. The minimum Gasteiger partial charge on any atom is -0.207 e. The van der Waals surface area contributed by atoms with Crippen molar-refractivity contribution in [3.8, 4) is 0 Å². The van der Waals surface area contributed by atoms with Gasteiger partial charge in [0.25, 0.3) is 0 Å². The van der Waals surface area contributed by atoms with Crippen LogP contribution in [0.3, 0.4) is 0 Å². The second-order valence-corrected chi connectivity index (χ2v) is 4.39. The molecule has 14 heavy (non-hydrogen) atoms. The summed E-state index contributed by atoms with van der Waals surface area (Å²) in [5, 5.41) is 0. The summed E-state index contributed by atoms with van der Waals surface area (Å²) < 4.78 is 26.1. The molecule has 0 radical (unpaired) electrons. The molecule has 0 aromatic carbocycles. The van der Waals surface area contributed by atoms with Gasteiger partial charge in [0, 0.05) is 12.8 Å². The van der Waals surface area contributed by atoms with Crippen LogP contribution in [0.5, 0.6) is 0 Å². The molecular weight excluding hydrogens is 182 g/mol. The molecular formula is C12H24F2. The molecule has 0 saturated carbocycles. The van der Waals surface area contributed by atoms with Gasteiger partial charge in [-0.15, -0.1) is 0 Å². The molecule has 86 valence electrons. The Bertz CT molecular complexity index is 132. The number of hydrogen-bond acceptors (Lipinski definition) is 0.